The molecule has 0 fully saturated rings. The number of halogens is 1. The number of carbonyl (C=O) groups excluding carboxylic acids is 2. The number of hydrogen-bond donors (Lipinski definition) is 0. The molecule has 6 nitrogen and oxygen atoms in total. The van der Waals surface area contributed by atoms with Gasteiger partial charge in [-0.3, -0.25) is 9.69 Å². The lowest BCUT2D eigenvalue weighted by Crippen LogP contribution is -2.24. The molecule has 0 aromatic heterocycles. The van der Waals surface area contributed by atoms with Gasteiger partial charge in [-0.25, -0.2) is 4.79 Å². The van der Waals surface area contributed by atoms with E-state index >= 15 is 0 Å². The third-order valence-corrected chi connectivity index (χ3v) is 4.94. The van der Waals surface area contributed by atoms with Crippen LogP contribution in [0, 0.1) is 0 Å². The Labute approximate surface area is 180 Å². The van der Waals surface area contributed by atoms with Gasteiger partial charge in [0.2, 0.25) is 0 Å². The minimum atomic E-state index is -0.549. The Morgan fingerprint density at radius 2 is 1.73 bits per heavy atom. The fourth-order valence-corrected chi connectivity index (χ4v) is 3.42. The third kappa shape index (κ3) is 4.04. The maximum absolute atomic E-state index is 13.3. The van der Waals surface area contributed by atoms with Gasteiger partial charge in [-0.2, -0.15) is 0 Å². The molecule has 2 aromatic rings. The number of allylic oxidation sites excluding steroid dienone is 1. The quantitative estimate of drug-likeness (QED) is 0.497. The first-order chi connectivity index (χ1) is 14.4. The van der Waals surface area contributed by atoms with Gasteiger partial charge in [0.05, 0.1) is 32.0 Å². The predicted molar refractivity (Wildman–Crippen MR) is 116 cm³/mol. The fourth-order valence-electron chi connectivity index (χ4n) is 3.29. The molecule has 1 amide bonds. The Morgan fingerprint density at radius 1 is 1.07 bits per heavy atom. The molecule has 0 atom stereocenters. The second kappa shape index (κ2) is 9.05. The summed E-state index contributed by atoms with van der Waals surface area (Å²) in [5.41, 5.74) is 2.26. The smallest absolute Gasteiger partial charge is 0.340 e. The Bertz CT molecular complexity index is 1040. The van der Waals surface area contributed by atoms with Gasteiger partial charge in [0.1, 0.15) is 0 Å². The molecule has 0 N–H and O–H groups in total. The van der Waals surface area contributed by atoms with E-state index in [-0.39, 0.29) is 23.7 Å². The third-order valence-electron chi connectivity index (χ3n) is 4.68. The van der Waals surface area contributed by atoms with Crippen molar-refractivity contribution in [2.45, 2.75) is 13.8 Å². The van der Waals surface area contributed by atoms with E-state index in [0.29, 0.717) is 33.5 Å². The lowest BCUT2D eigenvalue weighted by molar-refractivity contribution is -0.138. The van der Waals surface area contributed by atoms with Crippen molar-refractivity contribution < 1.29 is 23.8 Å². The van der Waals surface area contributed by atoms with Crippen LogP contribution in [0.3, 0.4) is 0 Å². The first-order valence-corrected chi connectivity index (χ1v) is 9.71. The topological polar surface area (TPSA) is 65.1 Å². The van der Waals surface area contributed by atoms with Crippen molar-refractivity contribution in [2.24, 2.45) is 0 Å². The summed E-state index contributed by atoms with van der Waals surface area (Å²) in [5, 5.41) is 0.554. The van der Waals surface area contributed by atoms with Crippen LogP contribution in [-0.2, 0) is 14.3 Å². The van der Waals surface area contributed by atoms with Gasteiger partial charge in [0, 0.05) is 16.4 Å². The molecular formula is C23H22ClNO5. The zero-order valence-corrected chi connectivity index (χ0v) is 17.9. The summed E-state index contributed by atoms with van der Waals surface area (Å²) in [5.74, 6) is 0.210. The van der Waals surface area contributed by atoms with Crippen molar-refractivity contribution in [1.29, 1.82) is 0 Å². The van der Waals surface area contributed by atoms with Gasteiger partial charge < -0.3 is 14.2 Å². The van der Waals surface area contributed by atoms with Crippen LogP contribution in [0.15, 0.2) is 59.3 Å². The molecule has 30 heavy (non-hydrogen) atoms. The first kappa shape index (κ1) is 21.5. The normalized spacial score (nSPS) is 15.0. The highest BCUT2D eigenvalue weighted by Crippen LogP contribution is 2.37. The second-order valence-corrected chi connectivity index (χ2v) is 6.91. The van der Waals surface area contributed by atoms with Crippen LogP contribution in [0.25, 0.3) is 6.08 Å². The van der Waals surface area contributed by atoms with E-state index in [4.69, 9.17) is 25.8 Å². The molecule has 7 heteroatoms. The summed E-state index contributed by atoms with van der Waals surface area (Å²) >= 11 is 5.98. The largest absolute Gasteiger partial charge is 0.493 e. The van der Waals surface area contributed by atoms with Crippen LogP contribution < -0.4 is 14.4 Å². The van der Waals surface area contributed by atoms with Gasteiger partial charge in [0.15, 0.2) is 11.5 Å². The molecule has 3 rings (SSSR count). The van der Waals surface area contributed by atoms with E-state index in [0.717, 1.165) is 0 Å². The Hall–Kier alpha value is -3.25. The number of methoxy groups -OCH3 is 2. The van der Waals surface area contributed by atoms with E-state index in [1.54, 1.807) is 69.5 Å². The minimum Gasteiger partial charge on any atom is -0.493 e. The molecule has 0 saturated heterocycles. The maximum atomic E-state index is 13.3. The SMILES string of the molecule is CCOC(=O)C1=C(C)N(c2ccc(Cl)cc2)C(=O)/C1=C\c1ccc(OC)c(OC)c1. The van der Waals surface area contributed by atoms with Gasteiger partial charge in [-0.1, -0.05) is 17.7 Å². The number of esters is 1. The second-order valence-electron chi connectivity index (χ2n) is 6.47. The summed E-state index contributed by atoms with van der Waals surface area (Å²) in [6.45, 7) is 3.64. The van der Waals surface area contributed by atoms with Crippen molar-refractivity contribution in [3.63, 3.8) is 0 Å². The van der Waals surface area contributed by atoms with Crippen molar-refractivity contribution in [3.05, 3.63) is 69.9 Å². The number of carbonyl (C=O) groups is 2. The van der Waals surface area contributed by atoms with Crippen molar-refractivity contribution in [3.8, 4) is 11.5 Å². The summed E-state index contributed by atoms with van der Waals surface area (Å²) in [6.07, 6.45) is 1.65. The number of amides is 1. The van der Waals surface area contributed by atoms with E-state index in [1.165, 1.54) is 12.0 Å². The molecule has 1 aliphatic heterocycles. The molecule has 156 valence electrons. The Balaban J connectivity index is 2.12. The number of rotatable bonds is 6. The molecule has 0 bridgehead atoms. The highest BCUT2D eigenvalue weighted by atomic mass is 35.5. The first-order valence-electron chi connectivity index (χ1n) is 9.33. The van der Waals surface area contributed by atoms with Crippen molar-refractivity contribution in [2.75, 3.05) is 25.7 Å². The number of nitrogens with zero attached hydrogens (tertiary/aromatic N) is 1. The summed E-state index contributed by atoms with van der Waals surface area (Å²) in [7, 11) is 3.08. The van der Waals surface area contributed by atoms with E-state index in [9.17, 15) is 9.59 Å². The van der Waals surface area contributed by atoms with Crippen LogP contribution >= 0.6 is 11.6 Å². The average molecular weight is 428 g/mol. The molecular weight excluding hydrogens is 406 g/mol. The number of benzene rings is 2. The van der Waals surface area contributed by atoms with Crippen LogP contribution in [0.1, 0.15) is 19.4 Å². The minimum absolute atomic E-state index is 0.203. The van der Waals surface area contributed by atoms with E-state index < -0.39 is 5.97 Å². The van der Waals surface area contributed by atoms with Gasteiger partial charge in [-0.05, 0) is 61.9 Å². The maximum Gasteiger partial charge on any atom is 0.340 e. The van der Waals surface area contributed by atoms with Crippen molar-refractivity contribution >= 4 is 35.2 Å². The molecule has 0 saturated carbocycles. The molecule has 1 aliphatic rings. The molecule has 0 spiro atoms. The lowest BCUT2D eigenvalue weighted by atomic mass is 10.0. The molecule has 0 unspecified atom stereocenters. The summed E-state index contributed by atoms with van der Waals surface area (Å²) in [6, 6.07) is 12.1. The Kier molecular flexibility index (Phi) is 6.47. The van der Waals surface area contributed by atoms with Crippen LogP contribution in [0.4, 0.5) is 5.69 Å². The number of hydrogen-bond acceptors (Lipinski definition) is 5. The summed E-state index contributed by atoms with van der Waals surface area (Å²) in [4.78, 5) is 27.5. The van der Waals surface area contributed by atoms with Crippen molar-refractivity contribution in [1.82, 2.24) is 0 Å². The van der Waals surface area contributed by atoms with E-state index in [2.05, 4.69) is 0 Å². The van der Waals surface area contributed by atoms with Gasteiger partial charge >= 0.3 is 5.97 Å². The fraction of sp³-hybridized carbons (Fsp3) is 0.217. The van der Waals surface area contributed by atoms with Crippen LogP contribution in [0.5, 0.6) is 11.5 Å². The lowest BCUT2D eigenvalue weighted by Gasteiger charge is -2.18. The van der Waals surface area contributed by atoms with Gasteiger partial charge in [-0.15, -0.1) is 0 Å². The summed E-state index contributed by atoms with van der Waals surface area (Å²) < 4.78 is 15.8. The monoisotopic (exact) mass is 427 g/mol. The Morgan fingerprint density at radius 3 is 2.33 bits per heavy atom. The number of anilines is 1. The zero-order valence-electron chi connectivity index (χ0n) is 17.2. The molecule has 0 aliphatic carbocycles. The molecule has 0 radical (unpaired) electrons. The number of ether oxygens (including phenoxy) is 3. The highest BCUT2D eigenvalue weighted by Gasteiger charge is 2.38. The molecule has 1 heterocycles. The van der Waals surface area contributed by atoms with Crippen LogP contribution in [-0.4, -0.2) is 32.7 Å². The highest BCUT2D eigenvalue weighted by molar-refractivity contribution is 6.30. The molecule has 2 aromatic carbocycles. The van der Waals surface area contributed by atoms with E-state index in [1.807, 2.05) is 0 Å². The van der Waals surface area contributed by atoms with Crippen LogP contribution in [0.2, 0.25) is 5.02 Å². The standard InChI is InChI=1S/C23H22ClNO5/c1-5-30-23(27)21-14(2)25(17-9-7-16(24)8-10-17)22(26)18(21)12-15-6-11-19(28-3)20(13-15)29-4/h6-13H,5H2,1-4H3/b18-12-. The zero-order chi connectivity index (χ0) is 21.8. The van der Waals surface area contributed by atoms with Gasteiger partial charge in [0.25, 0.3) is 5.91 Å². The average Bonchev–Trinajstić information content (AvgIpc) is 2.98. The predicted octanol–water partition coefficient (Wildman–Crippen LogP) is 4.62.